The van der Waals surface area contributed by atoms with Crippen molar-refractivity contribution in [1.82, 2.24) is 4.98 Å². The van der Waals surface area contributed by atoms with Crippen LogP contribution >= 0.6 is 0 Å². The topological polar surface area (TPSA) is 51.7 Å². The fourth-order valence-corrected chi connectivity index (χ4v) is 2.28. The van der Waals surface area contributed by atoms with Gasteiger partial charge in [0.1, 0.15) is 0 Å². The number of nitrogens with zero attached hydrogens (tertiary/aromatic N) is 2. The molecule has 5 heteroatoms. The Kier molecular flexibility index (Phi) is 4.02. The van der Waals surface area contributed by atoms with E-state index in [9.17, 15) is 4.79 Å². The van der Waals surface area contributed by atoms with Crippen molar-refractivity contribution in [2.24, 2.45) is 5.92 Å². The van der Waals surface area contributed by atoms with Crippen LogP contribution in [0.4, 0.5) is 5.69 Å². The Morgan fingerprint density at radius 2 is 2.33 bits per heavy atom. The lowest BCUT2D eigenvalue weighted by Crippen LogP contribution is -2.39. The maximum Gasteiger partial charge on any atom is 0.310 e. The molecule has 0 spiro atoms. The van der Waals surface area contributed by atoms with E-state index in [2.05, 4.69) is 9.88 Å². The van der Waals surface area contributed by atoms with Crippen molar-refractivity contribution < 1.29 is 14.3 Å². The van der Waals surface area contributed by atoms with Gasteiger partial charge in [-0.05, 0) is 18.9 Å². The molecule has 0 bridgehead atoms. The highest BCUT2D eigenvalue weighted by Gasteiger charge is 2.26. The van der Waals surface area contributed by atoms with Crippen molar-refractivity contribution in [2.45, 2.75) is 12.8 Å². The standard InChI is InChI=1S/C13H18N2O3/c1-17-12-8-11(5-6-14-12)15-7-3-4-10(9-15)13(16)18-2/h5-6,8,10H,3-4,7,9H2,1-2H3. The predicted molar refractivity (Wildman–Crippen MR) is 67.7 cm³/mol. The van der Waals surface area contributed by atoms with Gasteiger partial charge in [-0.25, -0.2) is 4.98 Å². The van der Waals surface area contributed by atoms with Crippen molar-refractivity contribution in [3.8, 4) is 5.88 Å². The lowest BCUT2D eigenvalue weighted by molar-refractivity contribution is -0.145. The zero-order chi connectivity index (χ0) is 13.0. The number of carbonyl (C=O) groups excluding carboxylic acids is 1. The molecule has 1 aromatic heterocycles. The van der Waals surface area contributed by atoms with Crippen LogP contribution in [0.3, 0.4) is 0 Å². The molecule has 0 saturated carbocycles. The average molecular weight is 250 g/mol. The first kappa shape index (κ1) is 12.7. The Labute approximate surface area is 107 Å². The summed E-state index contributed by atoms with van der Waals surface area (Å²) in [6, 6.07) is 3.82. The number of methoxy groups -OCH3 is 2. The summed E-state index contributed by atoms with van der Waals surface area (Å²) in [5.74, 6) is 0.427. The van der Waals surface area contributed by atoms with E-state index in [4.69, 9.17) is 9.47 Å². The van der Waals surface area contributed by atoms with Gasteiger partial charge in [-0.1, -0.05) is 0 Å². The molecular weight excluding hydrogens is 232 g/mol. The number of esters is 1. The van der Waals surface area contributed by atoms with Gasteiger partial charge >= 0.3 is 5.97 Å². The fraction of sp³-hybridized carbons (Fsp3) is 0.538. The van der Waals surface area contributed by atoms with Crippen LogP contribution in [-0.2, 0) is 9.53 Å². The highest BCUT2D eigenvalue weighted by molar-refractivity contribution is 5.73. The molecule has 1 aliphatic rings. The molecule has 5 nitrogen and oxygen atoms in total. The molecular formula is C13H18N2O3. The molecule has 1 saturated heterocycles. The number of aromatic nitrogens is 1. The van der Waals surface area contributed by atoms with Gasteiger partial charge in [0.2, 0.25) is 5.88 Å². The lowest BCUT2D eigenvalue weighted by Gasteiger charge is -2.33. The highest BCUT2D eigenvalue weighted by Crippen LogP contribution is 2.25. The van der Waals surface area contributed by atoms with E-state index in [0.29, 0.717) is 12.4 Å². The van der Waals surface area contributed by atoms with Crippen LogP contribution in [0.2, 0.25) is 0 Å². The summed E-state index contributed by atoms with van der Waals surface area (Å²) in [6.07, 6.45) is 3.60. The van der Waals surface area contributed by atoms with E-state index in [-0.39, 0.29) is 11.9 Å². The van der Waals surface area contributed by atoms with Crippen LogP contribution in [0.15, 0.2) is 18.3 Å². The minimum atomic E-state index is -0.124. The second kappa shape index (κ2) is 5.71. The third-order valence-electron chi connectivity index (χ3n) is 3.25. The van der Waals surface area contributed by atoms with Gasteiger partial charge in [-0.2, -0.15) is 0 Å². The highest BCUT2D eigenvalue weighted by atomic mass is 16.5. The molecule has 1 aromatic rings. The molecule has 1 aliphatic heterocycles. The molecule has 98 valence electrons. The van der Waals surface area contributed by atoms with Crippen molar-refractivity contribution in [2.75, 3.05) is 32.2 Å². The molecule has 0 aliphatic carbocycles. The first-order valence-electron chi connectivity index (χ1n) is 6.07. The largest absolute Gasteiger partial charge is 0.481 e. The molecule has 2 rings (SSSR count). The molecule has 0 aromatic carbocycles. The molecule has 2 heterocycles. The van der Waals surface area contributed by atoms with Gasteiger partial charge in [0.05, 0.1) is 20.1 Å². The van der Waals surface area contributed by atoms with Crippen LogP contribution in [0.1, 0.15) is 12.8 Å². The van der Waals surface area contributed by atoms with Crippen molar-refractivity contribution in [1.29, 1.82) is 0 Å². The average Bonchev–Trinajstić information content (AvgIpc) is 2.46. The first-order chi connectivity index (χ1) is 8.74. The van der Waals surface area contributed by atoms with Crippen LogP contribution < -0.4 is 9.64 Å². The SMILES string of the molecule is COC(=O)C1CCCN(c2ccnc(OC)c2)C1. The quantitative estimate of drug-likeness (QED) is 0.760. The minimum absolute atomic E-state index is 0.0390. The van der Waals surface area contributed by atoms with Gasteiger partial charge in [0, 0.05) is 31.0 Å². The van der Waals surface area contributed by atoms with Gasteiger partial charge in [0.15, 0.2) is 0 Å². The van der Waals surface area contributed by atoms with Gasteiger partial charge < -0.3 is 14.4 Å². The molecule has 1 fully saturated rings. The Hall–Kier alpha value is -1.78. The normalized spacial score (nSPS) is 19.4. The first-order valence-corrected chi connectivity index (χ1v) is 6.07. The Balaban J connectivity index is 2.10. The number of ether oxygens (including phenoxy) is 2. The van der Waals surface area contributed by atoms with Crippen LogP contribution in [0, 0.1) is 5.92 Å². The zero-order valence-corrected chi connectivity index (χ0v) is 10.8. The lowest BCUT2D eigenvalue weighted by atomic mass is 9.98. The number of carbonyl (C=O) groups is 1. The fourth-order valence-electron chi connectivity index (χ4n) is 2.28. The molecule has 1 unspecified atom stereocenters. The third kappa shape index (κ3) is 2.72. The summed E-state index contributed by atoms with van der Waals surface area (Å²) < 4.78 is 9.93. The van der Waals surface area contributed by atoms with E-state index in [1.54, 1.807) is 13.3 Å². The number of hydrogen-bond donors (Lipinski definition) is 0. The summed E-state index contributed by atoms with van der Waals surface area (Å²) in [5.41, 5.74) is 1.04. The minimum Gasteiger partial charge on any atom is -0.481 e. The predicted octanol–water partition coefficient (Wildman–Crippen LogP) is 1.48. The van der Waals surface area contributed by atoms with Crippen molar-refractivity contribution >= 4 is 11.7 Å². The summed E-state index contributed by atoms with van der Waals surface area (Å²) in [5, 5.41) is 0. The summed E-state index contributed by atoms with van der Waals surface area (Å²) >= 11 is 0. The van der Waals surface area contributed by atoms with Crippen LogP contribution in [-0.4, -0.2) is 38.3 Å². The van der Waals surface area contributed by atoms with Gasteiger partial charge in [0.25, 0.3) is 0 Å². The van der Waals surface area contributed by atoms with E-state index in [0.717, 1.165) is 25.1 Å². The molecule has 0 amide bonds. The molecule has 18 heavy (non-hydrogen) atoms. The number of piperidine rings is 1. The third-order valence-corrected chi connectivity index (χ3v) is 3.25. The zero-order valence-electron chi connectivity index (χ0n) is 10.8. The summed E-state index contributed by atoms with van der Waals surface area (Å²) in [4.78, 5) is 17.8. The summed E-state index contributed by atoms with van der Waals surface area (Å²) in [7, 11) is 3.04. The summed E-state index contributed by atoms with van der Waals surface area (Å²) in [6.45, 7) is 1.64. The number of anilines is 1. The molecule has 0 radical (unpaired) electrons. The van der Waals surface area contributed by atoms with E-state index in [1.165, 1.54) is 7.11 Å². The molecule has 1 atom stereocenters. The Morgan fingerprint density at radius 3 is 3.06 bits per heavy atom. The van der Waals surface area contributed by atoms with Gasteiger partial charge in [-0.3, -0.25) is 4.79 Å². The Bertz CT molecular complexity index is 422. The Morgan fingerprint density at radius 1 is 1.50 bits per heavy atom. The van der Waals surface area contributed by atoms with E-state index >= 15 is 0 Å². The molecule has 0 N–H and O–H groups in total. The second-order valence-corrected chi connectivity index (χ2v) is 4.36. The maximum absolute atomic E-state index is 11.6. The maximum atomic E-state index is 11.6. The number of hydrogen-bond acceptors (Lipinski definition) is 5. The van der Waals surface area contributed by atoms with Crippen LogP contribution in [0.25, 0.3) is 0 Å². The van der Waals surface area contributed by atoms with E-state index in [1.807, 2.05) is 12.1 Å². The van der Waals surface area contributed by atoms with Crippen molar-refractivity contribution in [3.05, 3.63) is 18.3 Å². The van der Waals surface area contributed by atoms with E-state index < -0.39 is 0 Å². The smallest absolute Gasteiger partial charge is 0.310 e. The monoisotopic (exact) mass is 250 g/mol. The number of rotatable bonds is 3. The van der Waals surface area contributed by atoms with Crippen molar-refractivity contribution in [3.63, 3.8) is 0 Å². The number of pyridine rings is 1. The van der Waals surface area contributed by atoms with Crippen LogP contribution in [0.5, 0.6) is 5.88 Å². The van der Waals surface area contributed by atoms with Gasteiger partial charge in [-0.15, -0.1) is 0 Å². The second-order valence-electron chi connectivity index (χ2n) is 4.36.